The summed E-state index contributed by atoms with van der Waals surface area (Å²) in [7, 11) is 0. The summed E-state index contributed by atoms with van der Waals surface area (Å²) in [6, 6.07) is 0. The van der Waals surface area contributed by atoms with Gasteiger partial charge in [-0.05, 0) is 102 Å². The second kappa shape index (κ2) is 49.8. The van der Waals surface area contributed by atoms with Gasteiger partial charge in [-0.1, -0.05) is 202 Å². The Labute approximate surface area is 393 Å². The Morgan fingerprint density at radius 1 is 0.365 bits per heavy atom. The highest BCUT2D eigenvalue weighted by Gasteiger charge is 2.15. The molecule has 63 heavy (non-hydrogen) atoms. The van der Waals surface area contributed by atoms with Crippen molar-refractivity contribution < 1.29 is 23.9 Å². The van der Waals surface area contributed by atoms with Crippen LogP contribution in [0.25, 0.3) is 0 Å². The summed E-state index contributed by atoms with van der Waals surface area (Å²) in [4.78, 5) is 40.5. The predicted octanol–water partition coefficient (Wildman–Crippen LogP) is 16.4. The SMILES string of the molecule is CCCCCCCCC(CCCCCC)COC(=O)CCCCCN(CCCCCC(=O)OCC(CCCCCC)CCCCCCCC)CCCCNC(=O)CCCCCCC. The van der Waals surface area contributed by atoms with Crippen LogP contribution in [0.2, 0.25) is 0 Å². The van der Waals surface area contributed by atoms with Gasteiger partial charge < -0.3 is 19.7 Å². The van der Waals surface area contributed by atoms with Gasteiger partial charge in [-0.15, -0.1) is 0 Å². The van der Waals surface area contributed by atoms with Crippen molar-refractivity contribution in [3.05, 3.63) is 0 Å². The molecule has 0 aromatic heterocycles. The fraction of sp³-hybridized carbons (Fsp3) is 0.946. The van der Waals surface area contributed by atoms with Crippen molar-refractivity contribution in [2.75, 3.05) is 39.4 Å². The first-order chi connectivity index (χ1) is 30.9. The Balaban J connectivity index is 4.78. The molecule has 0 bridgehead atoms. The number of ether oxygens (including phenoxy) is 2. The first kappa shape index (κ1) is 61.4. The van der Waals surface area contributed by atoms with E-state index in [1.165, 1.54) is 173 Å². The van der Waals surface area contributed by atoms with Gasteiger partial charge in [0, 0.05) is 25.8 Å². The van der Waals surface area contributed by atoms with Crippen molar-refractivity contribution in [3.63, 3.8) is 0 Å². The van der Waals surface area contributed by atoms with E-state index in [1.54, 1.807) is 0 Å². The molecule has 7 nitrogen and oxygen atoms in total. The normalized spacial score (nSPS) is 12.5. The van der Waals surface area contributed by atoms with Crippen LogP contribution in [0.15, 0.2) is 0 Å². The number of nitrogens with zero attached hydrogens (tertiary/aromatic N) is 1. The van der Waals surface area contributed by atoms with Crippen LogP contribution in [0, 0.1) is 11.8 Å². The highest BCUT2D eigenvalue weighted by atomic mass is 16.5. The van der Waals surface area contributed by atoms with Crippen LogP contribution in [0.1, 0.15) is 291 Å². The molecule has 0 fully saturated rings. The molecule has 0 heterocycles. The number of hydrogen-bond donors (Lipinski definition) is 1. The van der Waals surface area contributed by atoms with Gasteiger partial charge in [-0.3, -0.25) is 14.4 Å². The maximum absolute atomic E-state index is 12.8. The average Bonchev–Trinajstić information content (AvgIpc) is 3.28. The summed E-state index contributed by atoms with van der Waals surface area (Å²) in [6.07, 6.45) is 46.3. The van der Waals surface area contributed by atoms with Gasteiger partial charge in [-0.2, -0.15) is 0 Å². The average molecular weight is 892 g/mol. The topological polar surface area (TPSA) is 84.9 Å². The van der Waals surface area contributed by atoms with Crippen molar-refractivity contribution in [2.45, 2.75) is 291 Å². The number of nitrogens with one attached hydrogen (secondary N) is 1. The molecule has 0 saturated carbocycles. The third kappa shape index (κ3) is 45.3. The molecule has 0 rings (SSSR count). The zero-order valence-corrected chi connectivity index (χ0v) is 43.2. The van der Waals surface area contributed by atoms with Gasteiger partial charge in [0.15, 0.2) is 0 Å². The van der Waals surface area contributed by atoms with Crippen LogP contribution in [0.4, 0.5) is 0 Å². The maximum atomic E-state index is 12.8. The summed E-state index contributed by atoms with van der Waals surface area (Å²) < 4.78 is 11.8. The van der Waals surface area contributed by atoms with E-state index in [-0.39, 0.29) is 17.8 Å². The quantitative estimate of drug-likeness (QED) is 0.0484. The number of unbranched alkanes of at least 4 members (excludes halogenated alkanes) is 25. The molecule has 0 spiro atoms. The van der Waals surface area contributed by atoms with Crippen molar-refractivity contribution in [3.8, 4) is 0 Å². The van der Waals surface area contributed by atoms with Gasteiger partial charge in [0.2, 0.25) is 5.91 Å². The van der Waals surface area contributed by atoms with Gasteiger partial charge >= 0.3 is 11.9 Å². The predicted molar refractivity (Wildman–Crippen MR) is 271 cm³/mol. The molecule has 0 aliphatic rings. The van der Waals surface area contributed by atoms with E-state index in [0.717, 1.165) is 90.4 Å². The van der Waals surface area contributed by atoms with Crippen molar-refractivity contribution >= 4 is 17.8 Å². The van der Waals surface area contributed by atoms with Crippen LogP contribution in [0.5, 0.6) is 0 Å². The summed E-state index contributed by atoms with van der Waals surface area (Å²) in [5.74, 6) is 1.18. The van der Waals surface area contributed by atoms with Crippen molar-refractivity contribution in [1.29, 1.82) is 0 Å². The minimum Gasteiger partial charge on any atom is -0.465 e. The molecule has 1 N–H and O–H groups in total. The molecule has 2 unspecified atom stereocenters. The van der Waals surface area contributed by atoms with Crippen LogP contribution < -0.4 is 5.32 Å². The fourth-order valence-electron chi connectivity index (χ4n) is 8.90. The van der Waals surface area contributed by atoms with Gasteiger partial charge in [0.05, 0.1) is 13.2 Å². The second-order valence-corrected chi connectivity index (χ2v) is 19.6. The number of carbonyl (C=O) groups is 3. The first-order valence-electron chi connectivity index (χ1n) is 28.2. The van der Waals surface area contributed by atoms with Gasteiger partial charge in [0.1, 0.15) is 0 Å². The highest BCUT2D eigenvalue weighted by Crippen LogP contribution is 2.22. The third-order valence-electron chi connectivity index (χ3n) is 13.3. The van der Waals surface area contributed by atoms with E-state index in [1.807, 2.05) is 0 Å². The standard InChI is InChI=1S/C56H110N2O5/c1-6-11-16-21-24-30-41-52(39-28-19-14-9-4)50-62-55(60)44-33-26-36-47-58(49-38-35-46-57-54(59)43-32-23-18-13-8-3)48-37-27-34-45-56(61)63-51-53(40-29-20-15-10-5)42-31-25-22-17-12-7-2/h52-53H,6-51H2,1-5H3,(H,57,59). The van der Waals surface area contributed by atoms with Crippen molar-refractivity contribution in [2.24, 2.45) is 11.8 Å². The largest absolute Gasteiger partial charge is 0.465 e. The van der Waals surface area contributed by atoms with Crippen molar-refractivity contribution in [1.82, 2.24) is 10.2 Å². The Hall–Kier alpha value is -1.63. The maximum Gasteiger partial charge on any atom is 0.305 e. The lowest BCUT2D eigenvalue weighted by Crippen LogP contribution is -2.29. The fourth-order valence-corrected chi connectivity index (χ4v) is 8.90. The molecule has 2 atom stereocenters. The Kier molecular flexibility index (Phi) is 48.5. The van der Waals surface area contributed by atoms with Gasteiger partial charge in [-0.25, -0.2) is 0 Å². The molecule has 0 radical (unpaired) electrons. The van der Waals surface area contributed by atoms with Crippen LogP contribution in [0.3, 0.4) is 0 Å². The summed E-state index contributed by atoms with van der Waals surface area (Å²) >= 11 is 0. The Morgan fingerprint density at radius 2 is 0.667 bits per heavy atom. The number of carbonyl (C=O) groups excluding carboxylic acids is 3. The molecule has 0 aromatic carbocycles. The lowest BCUT2D eigenvalue weighted by Gasteiger charge is -2.22. The molecule has 0 aliphatic carbocycles. The first-order valence-corrected chi connectivity index (χ1v) is 28.2. The molecular weight excluding hydrogens is 781 g/mol. The molecule has 0 saturated heterocycles. The number of rotatable bonds is 51. The third-order valence-corrected chi connectivity index (χ3v) is 13.3. The summed E-state index contributed by atoms with van der Waals surface area (Å²) in [6.45, 7) is 16.3. The zero-order chi connectivity index (χ0) is 46.1. The van der Waals surface area contributed by atoms with E-state index in [2.05, 4.69) is 44.8 Å². The van der Waals surface area contributed by atoms with E-state index in [0.29, 0.717) is 44.3 Å². The minimum atomic E-state index is -0.0183. The zero-order valence-electron chi connectivity index (χ0n) is 43.2. The van der Waals surface area contributed by atoms with Crippen LogP contribution in [-0.2, 0) is 23.9 Å². The number of esters is 2. The number of hydrogen-bond acceptors (Lipinski definition) is 6. The molecule has 0 aromatic rings. The summed E-state index contributed by atoms with van der Waals surface area (Å²) in [5, 5.41) is 3.15. The second-order valence-electron chi connectivity index (χ2n) is 19.6. The van der Waals surface area contributed by atoms with E-state index in [4.69, 9.17) is 9.47 Å². The van der Waals surface area contributed by atoms with Crippen LogP contribution in [-0.4, -0.2) is 62.1 Å². The molecule has 7 heteroatoms. The molecule has 1 amide bonds. The molecular formula is C56H110N2O5. The Bertz CT molecular complexity index is 917. The lowest BCUT2D eigenvalue weighted by molar-refractivity contribution is -0.146. The van der Waals surface area contributed by atoms with Crippen LogP contribution >= 0.6 is 0 Å². The molecule has 374 valence electrons. The minimum absolute atomic E-state index is 0.0183. The highest BCUT2D eigenvalue weighted by molar-refractivity contribution is 5.75. The van der Waals surface area contributed by atoms with E-state index < -0.39 is 0 Å². The number of amides is 1. The lowest BCUT2D eigenvalue weighted by atomic mass is 9.95. The Morgan fingerprint density at radius 3 is 1.06 bits per heavy atom. The monoisotopic (exact) mass is 891 g/mol. The summed E-state index contributed by atoms with van der Waals surface area (Å²) in [5.41, 5.74) is 0. The molecule has 0 aliphatic heterocycles. The van der Waals surface area contributed by atoms with Gasteiger partial charge in [0.25, 0.3) is 0 Å². The van der Waals surface area contributed by atoms with E-state index in [9.17, 15) is 14.4 Å². The smallest absolute Gasteiger partial charge is 0.305 e. The van der Waals surface area contributed by atoms with E-state index >= 15 is 0 Å².